The summed E-state index contributed by atoms with van der Waals surface area (Å²) in [4.78, 5) is 12.8. The van der Waals surface area contributed by atoms with Gasteiger partial charge in [-0.2, -0.15) is 4.31 Å². The van der Waals surface area contributed by atoms with Crippen LogP contribution >= 0.6 is 0 Å². The van der Waals surface area contributed by atoms with Crippen LogP contribution in [0.1, 0.15) is 5.56 Å². The number of fused-ring (bicyclic) bond motifs is 1. The number of nitrogens with zero attached hydrogens (tertiary/aromatic N) is 1. The van der Waals surface area contributed by atoms with Gasteiger partial charge < -0.3 is 19.5 Å². The Morgan fingerprint density at radius 1 is 1.10 bits per heavy atom. The smallest absolute Gasteiger partial charge is 0.269 e. The number of hydrogen-bond acceptors (Lipinski definition) is 6. The number of anilines is 1. The van der Waals surface area contributed by atoms with Crippen LogP contribution in [-0.2, 0) is 19.6 Å². The normalized spacial score (nSPS) is 19.6. The minimum absolute atomic E-state index is 0.0770. The van der Waals surface area contributed by atoms with Crippen molar-refractivity contribution in [3.63, 3.8) is 0 Å². The second kappa shape index (κ2) is 8.02. The van der Waals surface area contributed by atoms with E-state index in [0.717, 1.165) is 5.56 Å². The van der Waals surface area contributed by atoms with Gasteiger partial charge in [-0.1, -0.05) is 18.2 Å². The third-order valence-corrected chi connectivity index (χ3v) is 6.77. The number of benzene rings is 2. The van der Waals surface area contributed by atoms with E-state index in [1.54, 1.807) is 37.3 Å². The van der Waals surface area contributed by atoms with Crippen LogP contribution in [0.2, 0.25) is 0 Å². The van der Waals surface area contributed by atoms with Gasteiger partial charge in [-0.25, -0.2) is 8.42 Å². The molecular weight excluding hydrogens is 396 g/mol. The lowest BCUT2D eigenvalue weighted by Gasteiger charge is -2.27. The zero-order valence-electron chi connectivity index (χ0n) is 16.0. The number of amides is 1. The quantitative estimate of drug-likeness (QED) is 0.814. The van der Waals surface area contributed by atoms with Crippen LogP contribution < -0.4 is 14.8 Å². The van der Waals surface area contributed by atoms with Crippen LogP contribution in [0.5, 0.6) is 11.5 Å². The number of carbonyl (C=O) groups excluding carboxylic acids is 1. The van der Waals surface area contributed by atoms with Gasteiger partial charge in [-0.3, -0.25) is 4.79 Å². The molecule has 1 fully saturated rings. The molecule has 1 N–H and O–H groups in total. The first-order chi connectivity index (χ1) is 13.9. The summed E-state index contributed by atoms with van der Waals surface area (Å²) in [6.45, 7) is 3.24. The number of hydrogen-bond donors (Lipinski definition) is 1. The van der Waals surface area contributed by atoms with E-state index in [1.807, 2.05) is 6.07 Å². The monoisotopic (exact) mass is 418 g/mol. The third kappa shape index (κ3) is 4.07. The highest BCUT2D eigenvalue weighted by Crippen LogP contribution is 2.31. The molecule has 2 heterocycles. The summed E-state index contributed by atoms with van der Waals surface area (Å²) < 4.78 is 43.7. The molecule has 2 aromatic rings. The van der Waals surface area contributed by atoms with E-state index < -0.39 is 22.0 Å². The number of sulfonamides is 1. The topological polar surface area (TPSA) is 94.2 Å². The lowest BCUT2D eigenvalue weighted by molar-refractivity contribution is -0.125. The summed E-state index contributed by atoms with van der Waals surface area (Å²) >= 11 is 0. The van der Waals surface area contributed by atoms with E-state index in [4.69, 9.17) is 14.2 Å². The Bertz CT molecular complexity index is 1020. The zero-order chi connectivity index (χ0) is 20.4. The van der Waals surface area contributed by atoms with Crippen LogP contribution in [-0.4, -0.2) is 57.6 Å². The molecule has 29 heavy (non-hydrogen) atoms. The Hall–Kier alpha value is -2.62. The minimum atomic E-state index is -3.66. The summed E-state index contributed by atoms with van der Waals surface area (Å²) in [6, 6.07) is 11.8. The molecule has 154 valence electrons. The number of aryl methyl sites for hydroxylation is 1. The first kappa shape index (κ1) is 19.7. The van der Waals surface area contributed by atoms with Crippen molar-refractivity contribution in [2.24, 2.45) is 0 Å². The van der Waals surface area contributed by atoms with E-state index in [-0.39, 0.29) is 11.5 Å². The summed E-state index contributed by atoms with van der Waals surface area (Å²) in [5.74, 6) is 0.689. The summed E-state index contributed by atoms with van der Waals surface area (Å²) in [7, 11) is -3.66. The van der Waals surface area contributed by atoms with E-state index in [1.165, 1.54) is 10.4 Å². The number of morpholine rings is 1. The second-order valence-electron chi connectivity index (χ2n) is 6.85. The number of para-hydroxylation sites is 2. The lowest BCUT2D eigenvalue weighted by atomic mass is 10.2. The average Bonchev–Trinajstić information content (AvgIpc) is 2.75. The summed E-state index contributed by atoms with van der Waals surface area (Å²) in [5, 5.41) is 2.77. The van der Waals surface area contributed by atoms with Crippen LogP contribution in [0.25, 0.3) is 0 Å². The molecule has 1 atom stereocenters. The van der Waals surface area contributed by atoms with Crippen molar-refractivity contribution in [1.29, 1.82) is 0 Å². The van der Waals surface area contributed by atoms with E-state index in [2.05, 4.69) is 5.32 Å². The molecule has 1 unspecified atom stereocenters. The first-order valence-corrected chi connectivity index (χ1v) is 10.8. The highest BCUT2D eigenvalue weighted by molar-refractivity contribution is 7.89. The van der Waals surface area contributed by atoms with E-state index in [9.17, 15) is 13.2 Å². The van der Waals surface area contributed by atoms with Gasteiger partial charge in [0, 0.05) is 18.8 Å². The molecule has 2 aliphatic heterocycles. The minimum Gasteiger partial charge on any atom is -0.485 e. The predicted molar refractivity (Wildman–Crippen MR) is 106 cm³/mol. The average molecular weight is 418 g/mol. The van der Waals surface area contributed by atoms with Crippen molar-refractivity contribution in [2.75, 3.05) is 38.2 Å². The van der Waals surface area contributed by atoms with Crippen molar-refractivity contribution in [3.8, 4) is 11.5 Å². The number of rotatable bonds is 4. The maximum Gasteiger partial charge on any atom is 0.269 e. The van der Waals surface area contributed by atoms with Gasteiger partial charge in [0.2, 0.25) is 16.1 Å². The van der Waals surface area contributed by atoms with Gasteiger partial charge >= 0.3 is 0 Å². The van der Waals surface area contributed by atoms with Crippen LogP contribution in [0.4, 0.5) is 5.69 Å². The second-order valence-corrected chi connectivity index (χ2v) is 8.78. The van der Waals surface area contributed by atoms with Gasteiger partial charge in [-0.05, 0) is 36.8 Å². The number of ether oxygens (including phenoxy) is 3. The Morgan fingerprint density at radius 2 is 1.83 bits per heavy atom. The standard InChI is InChI=1S/C20H22N2O6S/c1-14-6-7-15(29(24,25)22-8-10-26-11-9-22)12-16(14)21-20(23)19-13-27-17-4-2-3-5-18(17)28-19/h2-7,12,19H,8-11,13H2,1H3,(H,21,23). The van der Waals surface area contributed by atoms with Gasteiger partial charge in [-0.15, -0.1) is 0 Å². The van der Waals surface area contributed by atoms with Crippen molar-refractivity contribution < 1.29 is 27.4 Å². The molecule has 8 nitrogen and oxygen atoms in total. The maximum absolute atomic E-state index is 12.9. The van der Waals surface area contributed by atoms with Crippen molar-refractivity contribution in [2.45, 2.75) is 17.9 Å². The largest absolute Gasteiger partial charge is 0.485 e. The predicted octanol–water partition coefficient (Wildman–Crippen LogP) is 1.79. The van der Waals surface area contributed by atoms with Crippen molar-refractivity contribution >= 4 is 21.6 Å². The van der Waals surface area contributed by atoms with Gasteiger partial charge in [0.15, 0.2) is 11.5 Å². The molecule has 1 saturated heterocycles. The molecule has 9 heteroatoms. The molecule has 0 aliphatic carbocycles. The molecule has 4 rings (SSSR count). The molecule has 0 radical (unpaired) electrons. The molecule has 2 aliphatic rings. The molecule has 0 spiro atoms. The Morgan fingerprint density at radius 3 is 2.59 bits per heavy atom. The summed E-state index contributed by atoms with van der Waals surface area (Å²) in [6.07, 6.45) is -0.830. The van der Waals surface area contributed by atoms with Crippen molar-refractivity contribution in [1.82, 2.24) is 4.31 Å². The van der Waals surface area contributed by atoms with E-state index >= 15 is 0 Å². The molecule has 0 bridgehead atoms. The van der Waals surface area contributed by atoms with E-state index in [0.29, 0.717) is 43.5 Å². The Labute approximate surface area is 169 Å². The molecule has 2 aromatic carbocycles. The fourth-order valence-corrected chi connectivity index (χ4v) is 4.63. The molecule has 0 saturated carbocycles. The first-order valence-electron chi connectivity index (χ1n) is 9.33. The highest BCUT2D eigenvalue weighted by atomic mass is 32.2. The fraction of sp³-hybridized carbons (Fsp3) is 0.350. The number of nitrogens with one attached hydrogen (secondary N) is 1. The molecule has 1 amide bonds. The SMILES string of the molecule is Cc1ccc(S(=O)(=O)N2CCOCC2)cc1NC(=O)C1COc2ccccc2O1. The fourth-order valence-electron chi connectivity index (χ4n) is 3.19. The van der Waals surface area contributed by atoms with Crippen LogP contribution in [0.3, 0.4) is 0 Å². The van der Waals surface area contributed by atoms with Crippen molar-refractivity contribution in [3.05, 3.63) is 48.0 Å². The number of carbonyl (C=O) groups is 1. The third-order valence-electron chi connectivity index (χ3n) is 4.88. The van der Waals surface area contributed by atoms with Gasteiger partial charge in [0.25, 0.3) is 5.91 Å². The Kier molecular flexibility index (Phi) is 5.44. The molecule has 0 aromatic heterocycles. The zero-order valence-corrected chi connectivity index (χ0v) is 16.8. The van der Waals surface area contributed by atoms with Crippen LogP contribution in [0.15, 0.2) is 47.4 Å². The maximum atomic E-state index is 12.9. The van der Waals surface area contributed by atoms with Gasteiger partial charge in [0.1, 0.15) is 6.61 Å². The van der Waals surface area contributed by atoms with Crippen LogP contribution in [0, 0.1) is 6.92 Å². The Balaban J connectivity index is 1.52. The highest BCUT2D eigenvalue weighted by Gasteiger charge is 2.29. The lowest BCUT2D eigenvalue weighted by Crippen LogP contribution is -2.41. The molecular formula is C20H22N2O6S. The van der Waals surface area contributed by atoms with Gasteiger partial charge in [0.05, 0.1) is 18.1 Å². The summed E-state index contributed by atoms with van der Waals surface area (Å²) in [5.41, 5.74) is 1.17.